The average molecular weight is 422 g/mol. The number of hydrazone groups is 1. The number of nitrogens with zero attached hydrogens (tertiary/aromatic N) is 1. The number of carbonyl (C=O) groups is 2. The summed E-state index contributed by atoms with van der Waals surface area (Å²) < 4.78 is 5.55. The fourth-order valence-corrected chi connectivity index (χ4v) is 2.58. The van der Waals surface area contributed by atoms with Crippen LogP contribution in [-0.4, -0.2) is 31.2 Å². The van der Waals surface area contributed by atoms with Gasteiger partial charge in [0, 0.05) is 16.1 Å². The molecule has 2 aromatic carbocycles. The molecule has 2 aromatic rings. The summed E-state index contributed by atoms with van der Waals surface area (Å²) in [6.45, 7) is 2.52. The Hall–Kier alpha value is -2.57. The lowest BCUT2D eigenvalue weighted by Gasteiger charge is -2.07. The quantitative estimate of drug-likeness (QED) is 0.364. The summed E-state index contributed by atoms with van der Waals surface area (Å²) in [4.78, 5) is 23.9. The molecule has 2 rings (SSSR count). The summed E-state index contributed by atoms with van der Waals surface area (Å²) in [6.07, 6.45) is 3.43. The van der Waals surface area contributed by atoms with Crippen LogP contribution in [0.4, 0.5) is 0 Å². The average Bonchev–Trinajstić information content (AvgIpc) is 2.68. The molecule has 2 N–H and O–H groups in total. The summed E-state index contributed by atoms with van der Waals surface area (Å²) in [7, 11) is 0. The summed E-state index contributed by atoms with van der Waals surface area (Å²) >= 11 is 11.8. The Bertz CT molecular complexity index is 839. The smallest absolute Gasteiger partial charge is 0.259 e. The van der Waals surface area contributed by atoms with E-state index < -0.39 is 5.91 Å². The zero-order valence-electron chi connectivity index (χ0n) is 15.4. The second kappa shape index (κ2) is 11.3. The Morgan fingerprint density at radius 3 is 2.57 bits per heavy atom. The third-order valence-corrected chi connectivity index (χ3v) is 4.21. The molecular weight excluding hydrogens is 401 g/mol. The number of rotatable bonds is 9. The fraction of sp³-hybridized carbons (Fsp3) is 0.250. The highest BCUT2D eigenvalue weighted by molar-refractivity contribution is 6.36. The third-order valence-electron chi connectivity index (χ3n) is 3.65. The van der Waals surface area contributed by atoms with Gasteiger partial charge in [-0.3, -0.25) is 9.59 Å². The first-order chi connectivity index (χ1) is 13.5. The molecule has 148 valence electrons. The maximum Gasteiger partial charge on any atom is 0.259 e. The topological polar surface area (TPSA) is 79.8 Å². The molecule has 0 saturated carbocycles. The molecule has 8 heteroatoms. The van der Waals surface area contributed by atoms with Crippen LogP contribution in [0.25, 0.3) is 0 Å². The number of amides is 2. The van der Waals surface area contributed by atoms with Crippen LogP contribution in [0.2, 0.25) is 10.0 Å². The van der Waals surface area contributed by atoms with Gasteiger partial charge in [-0.05, 0) is 42.8 Å². The lowest BCUT2D eigenvalue weighted by atomic mass is 10.2. The van der Waals surface area contributed by atoms with Gasteiger partial charge in [0.05, 0.1) is 24.4 Å². The van der Waals surface area contributed by atoms with Gasteiger partial charge in [0.2, 0.25) is 0 Å². The van der Waals surface area contributed by atoms with Crippen molar-refractivity contribution in [2.45, 2.75) is 19.8 Å². The van der Waals surface area contributed by atoms with Crippen LogP contribution >= 0.6 is 23.2 Å². The summed E-state index contributed by atoms with van der Waals surface area (Å²) in [6, 6.07) is 11.7. The molecule has 0 saturated heterocycles. The Kier molecular flexibility index (Phi) is 8.78. The van der Waals surface area contributed by atoms with Crippen molar-refractivity contribution in [3.05, 3.63) is 63.6 Å². The van der Waals surface area contributed by atoms with Crippen LogP contribution in [0, 0.1) is 0 Å². The molecule has 0 aliphatic rings. The molecule has 28 heavy (non-hydrogen) atoms. The minimum Gasteiger partial charge on any atom is -0.494 e. The highest BCUT2D eigenvalue weighted by Gasteiger charge is 2.08. The Morgan fingerprint density at radius 2 is 1.89 bits per heavy atom. The van der Waals surface area contributed by atoms with Gasteiger partial charge in [-0.25, -0.2) is 5.43 Å². The fourth-order valence-electron chi connectivity index (χ4n) is 2.12. The first-order valence-electron chi connectivity index (χ1n) is 8.77. The normalized spacial score (nSPS) is 10.7. The second-order valence-electron chi connectivity index (χ2n) is 5.87. The maximum absolute atomic E-state index is 12.1. The van der Waals surface area contributed by atoms with Gasteiger partial charge in [-0.1, -0.05) is 42.6 Å². The minimum absolute atomic E-state index is 0.209. The number of nitrogens with one attached hydrogen (secondary N) is 2. The molecule has 0 fully saturated rings. The van der Waals surface area contributed by atoms with Crippen LogP contribution in [0.5, 0.6) is 5.75 Å². The van der Waals surface area contributed by atoms with Gasteiger partial charge in [-0.15, -0.1) is 0 Å². The number of unbranched alkanes of at least 4 members (excludes halogenated alkanes) is 1. The summed E-state index contributed by atoms with van der Waals surface area (Å²) in [5.74, 6) is -0.118. The lowest BCUT2D eigenvalue weighted by Crippen LogP contribution is -2.34. The second-order valence-corrected chi connectivity index (χ2v) is 6.71. The van der Waals surface area contributed by atoms with E-state index in [1.165, 1.54) is 6.21 Å². The van der Waals surface area contributed by atoms with Crippen molar-refractivity contribution in [2.24, 2.45) is 5.10 Å². The Labute approximate surface area is 173 Å². The number of benzene rings is 2. The zero-order valence-corrected chi connectivity index (χ0v) is 16.9. The molecular formula is C20H21Cl2N3O3. The van der Waals surface area contributed by atoms with Gasteiger partial charge in [-0.2, -0.15) is 5.10 Å². The van der Waals surface area contributed by atoms with E-state index in [0.29, 0.717) is 33.5 Å². The van der Waals surface area contributed by atoms with E-state index in [0.717, 1.165) is 12.8 Å². The van der Waals surface area contributed by atoms with E-state index >= 15 is 0 Å². The van der Waals surface area contributed by atoms with Gasteiger partial charge < -0.3 is 10.1 Å². The van der Waals surface area contributed by atoms with Crippen molar-refractivity contribution in [1.29, 1.82) is 0 Å². The molecule has 2 amide bonds. The maximum atomic E-state index is 12.1. The van der Waals surface area contributed by atoms with Crippen molar-refractivity contribution < 1.29 is 14.3 Å². The van der Waals surface area contributed by atoms with Gasteiger partial charge in [0.1, 0.15) is 5.75 Å². The largest absolute Gasteiger partial charge is 0.494 e. The molecule has 0 aromatic heterocycles. The molecule has 0 atom stereocenters. The van der Waals surface area contributed by atoms with Crippen molar-refractivity contribution >= 4 is 41.2 Å². The number of hydrogen-bond donors (Lipinski definition) is 2. The van der Waals surface area contributed by atoms with Crippen LogP contribution in [0.15, 0.2) is 47.6 Å². The molecule has 0 radical (unpaired) electrons. The molecule has 6 nitrogen and oxygen atoms in total. The van der Waals surface area contributed by atoms with E-state index in [9.17, 15) is 9.59 Å². The van der Waals surface area contributed by atoms with Crippen LogP contribution in [0.1, 0.15) is 35.7 Å². The van der Waals surface area contributed by atoms with E-state index in [4.69, 9.17) is 27.9 Å². The van der Waals surface area contributed by atoms with Crippen LogP contribution < -0.4 is 15.5 Å². The third kappa shape index (κ3) is 7.21. The SMILES string of the molecule is CCCCOc1ccc(C(=O)NCC(=O)N/N=C\c2ccc(Cl)cc2Cl)cc1. The van der Waals surface area contributed by atoms with Gasteiger partial charge in [0.25, 0.3) is 11.8 Å². The number of halogens is 2. The van der Waals surface area contributed by atoms with Crippen molar-refractivity contribution in [1.82, 2.24) is 10.7 Å². The molecule has 0 bridgehead atoms. The molecule has 0 spiro atoms. The standard InChI is InChI=1S/C20H21Cl2N3O3/c1-2-3-10-28-17-8-5-14(6-9-17)20(27)23-13-19(26)25-24-12-15-4-7-16(21)11-18(15)22/h4-9,11-12H,2-3,10,13H2,1H3,(H,23,27)(H,25,26)/b24-12-. The number of carbonyl (C=O) groups excluding carboxylic acids is 2. The van der Waals surface area contributed by atoms with Crippen LogP contribution in [-0.2, 0) is 4.79 Å². The predicted octanol–water partition coefficient (Wildman–Crippen LogP) is 4.05. The van der Waals surface area contributed by atoms with E-state index in [1.54, 1.807) is 42.5 Å². The molecule has 0 aliphatic heterocycles. The lowest BCUT2D eigenvalue weighted by molar-refractivity contribution is -0.120. The molecule has 0 aliphatic carbocycles. The monoisotopic (exact) mass is 421 g/mol. The summed E-state index contributed by atoms with van der Waals surface area (Å²) in [5.41, 5.74) is 3.37. The van der Waals surface area contributed by atoms with Gasteiger partial charge >= 0.3 is 0 Å². The molecule has 0 unspecified atom stereocenters. The number of ether oxygens (including phenoxy) is 1. The highest BCUT2D eigenvalue weighted by Crippen LogP contribution is 2.19. The van der Waals surface area contributed by atoms with Crippen molar-refractivity contribution in [3.63, 3.8) is 0 Å². The Balaban J connectivity index is 1.77. The van der Waals surface area contributed by atoms with E-state index in [2.05, 4.69) is 22.8 Å². The first kappa shape index (κ1) is 21.7. The minimum atomic E-state index is -0.464. The van der Waals surface area contributed by atoms with E-state index in [1.807, 2.05) is 0 Å². The van der Waals surface area contributed by atoms with Crippen molar-refractivity contribution in [2.75, 3.05) is 13.2 Å². The van der Waals surface area contributed by atoms with Crippen LogP contribution in [0.3, 0.4) is 0 Å². The van der Waals surface area contributed by atoms with E-state index in [-0.39, 0.29) is 12.5 Å². The number of hydrogen-bond acceptors (Lipinski definition) is 4. The predicted molar refractivity (Wildman–Crippen MR) is 111 cm³/mol. The summed E-state index contributed by atoms with van der Waals surface area (Å²) in [5, 5.41) is 7.27. The zero-order chi connectivity index (χ0) is 20.4. The highest BCUT2D eigenvalue weighted by atomic mass is 35.5. The molecule has 0 heterocycles. The van der Waals surface area contributed by atoms with Gasteiger partial charge in [0.15, 0.2) is 0 Å². The first-order valence-corrected chi connectivity index (χ1v) is 9.53. The van der Waals surface area contributed by atoms with Crippen molar-refractivity contribution in [3.8, 4) is 5.75 Å². The Morgan fingerprint density at radius 1 is 1.14 bits per heavy atom.